The fourth-order valence-electron chi connectivity index (χ4n) is 2.42. The van der Waals surface area contributed by atoms with Gasteiger partial charge in [0.25, 0.3) is 11.8 Å². The number of rotatable bonds is 10. The Morgan fingerprint density at radius 1 is 0.829 bits per heavy atom. The summed E-state index contributed by atoms with van der Waals surface area (Å²) >= 11 is 5.55. The number of ether oxygens (including phenoxy) is 3. The fraction of sp³-hybridized carbons (Fsp3) is 0.368. The highest BCUT2D eigenvalue weighted by Crippen LogP contribution is 2.38. The number of primary amides is 1. The number of benzene rings is 1. The Hall–Kier alpha value is -1.97. The van der Waals surface area contributed by atoms with E-state index in [0.29, 0.717) is 10.7 Å². The average molecular weight is 830 g/mol. The van der Waals surface area contributed by atoms with Crippen molar-refractivity contribution >= 4 is 115 Å². The molecule has 192 valence electrons. The number of esters is 3. The number of anilines is 2. The number of carbonyl (C=O) groups excluding carboxylic acids is 6. The monoisotopic (exact) mass is 830 g/mol. The Morgan fingerprint density at radius 3 is 1.86 bits per heavy atom. The number of halogens is 3. The molecule has 0 aliphatic rings. The van der Waals surface area contributed by atoms with Crippen LogP contribution < -0.4 is 21.7 Å². The van der Waals surface area contributed by atoms with E-state index in [0.717, 1.165) is 6.92 Å². The van der Waals surface area contributed by atoms with Gasteiger partial charge in [0.2, 0.25) is 0 Å². The van der Waals surface area contributed by atoms with Crippen LogP contribution in [0.5, 0.6) is 0 Å². The van der Waals surface area contributed by atoms with Gasteiger partial charge in [-0.2, -0.15) is 0 Å². The van der Waals surface area contributed by atoms with E-state index in [-0.39, 0.29) is 30.1 Å². The highest BCUT2D eigenvalue weighted by molar-refractivity contribution is 14.1. The molecule has 1 unspecified atom stereocenters. The van der Waals surface area contributed by atoms with Crippen LogP contribution in [0.2, 0.25) is 0 Å². The third-order valence-electron chi connectivity index (χ3n) is 3.76. The van der Waals surface area contributed by atoms with Gasteiger partial charge in [-0.3, -0.25) is 24.0 Å². The molecule has 0 saturated carbocycles. The minimum Gasteiger partial charge on any atom is -0.462 e. The van der Waals surface area contributed by atoms with Crippen LogP contribution in [0.4, 0.5) is 16.2 Å². The maximum atomic E-state index is 13.1. The lowest BCUT2D eigenvalue weighted by atomic mass is 10.1. The number of hydrogen-bond donors (Lipinski definition) is 4. The summed E-state index contributed by atoms with van der Waals surface area (Å²) in [5.41, 5.74) is 5.69. The summed E-state index contributed by atoms with van der Waals surface area (Å²) in [6, 6.07) is -0.901. The molecule has 1 rings (SSSR count). The predicted molar refractivity (Wildman–Crippen MR) is 148 cm³/mol. The lowest BCUT2D eigenvalue weighted by Gasteiger charge is -2.21. The van der Waals surface area contributed by atoms with Crippen LogP contribution in [-0.2, 0) is 33.4 Å². The van der Waals surface area contributed by atoms with Crippen LogP contribution in [0.25, 0.3) is 0 Å². The molecule has 4 amide bonds. The Morgan fingerprint density at radius 2 is 1.37 bits per heavy atom. The molecule has 1 atom stereocenters. The predicted octanol–water partition coefficient (Wildman–Crippen LogP) is 1.72. The van der Waals surface area contributed by atoms with Crippen LogP contribution in [-0.4, -0.2) is 61.6 Å². The fourth-order valence-corrected chi connectivity index (χ4v) is 6.62. The van der Waals surface area contributed by atoms with Crippen molar-refractivity contribution in [2.75, 3.05) is 30.4 Å². The highest BCUT2D eigenvalue weighted by atomic mass is 127. The summed E-state index contributed by atoms with van der Waals surface area (Å²) in [6.07, 6.45) is -0.953. The molecule has 0 spiro atoms. The van der Waals surface area contributed by atoms with Crippen molar-refractivity contribution in [3.05, 3.63) is 16.3 Å². The van der Waals surface area contributed by atoms with Crippen molar-refractivity contribution in [3.63, 3.8) is 0 Å². The smallest absolute Gasteiger partial charge is 0.316 e. The van der Waals surface area contributed by atoms with E-state index >= 15 is 0 Å². The summed E-state index contributed by atoms with van der Waals surface area (Å²) < 4.78 is 15.6. The lowest BCUT2D eigenvalue weighted by Crippen LogP contribution is -2.38. The highest BCUT2D eigenvalue weighted by Gasteiger charge is 2.27. The van der Waals surface area contributed by atoms with Crippen LogP contribution in [0.3, 0.4) is 0 Å². The molecule has 0 saturated heterocycles. The van der Waals surface area contributed by atoms with Gasteiger partial charge in [0, 0.05) is 20.8 Å². The second-order valence-corrected chi connectivity index (χ2v) is 9.86. The van der Waals surface area contributed by atoms with Gasteiger partial charge in [-0.05, 0) is 67.8 Å². The number of carbonyl (C=O) groups is 6. The first kappa shape index (κ1) is 31.1. The van der Waals surface area contributed by atoms with Crippen LogP contribution in [0, 0.1) is 10.7 Å². The number of urea groups is 1. The van der Waals surface area contributed by atoms with Crippen LogP contribution in [0.15, 0.2) is 0 Å². The van der Waals surface area contributed by atoms with Gasteiger partial charge < -0.3 is 35.9 Å². The van der Waals surface area contributed by atoms with E-state index in [4.69, 9.17) is 15.2 Å². The zero-order valence-electron chi connectivity index (χ0n) is 18.6. The first-order valence-corrected chi connectivity index (χ1v) is 12.8. The maximum Gasteiger partial charge on any atom is 0.316 e. The first-order valence-electron chi connectivity index (χ1n) is 9.53. The Bertz CT molecular complexity index is 1050. The van der Waals surface area contributed by atoms with E-state index in [9.17, 15) is 28.8 Å². The van der Waals surface area contributed by atoms with Gasteiger partial charge in [-0.1, -0.05) is 0 Å². The van der Waals surface area contributed by atoms with E-state index in [2.05, 4.69) is 20.7 Å². The van der Waals surface area contributed by atoms with Crippen molar-refractivity contribution in [2.45, 2.75) is 26.9 Å². The summed E-state index contributed by atoms with van der Waals surface area (Å²) in [7, 11) is 0. The van der Waals surface area contributed by atoms with E-state index in [1.54, 1.807) is 0 Å². The molecule has 13 nitrogen and oxygen atoms in total. The minimum atomic E-state index is -0.953. The molecule has 16 heteroatoms. The molecule has 0 aliphatic carbocycles. The topological polar surface area (TPSA) is 192 Å². The van der Waals surface area contributed by atoms with Gasteiger partial charge in [-0.25, -0.2) is 4.79 Å². The molecule has 0 fully saturated rings. The maximum absolute atomic E-state index is 13.1. The molecule has 0 aromatic heterocycles. The van der Waals surface area contributed by atoms with Gasteiger partial charge in [0.15, 0.2) is 12.7 Å². The van der Waals surface area contributed by atoms with Gasteiger partial charge >= 0.3 is 23.9 Å². The largest absolute Gasteiger partial charge is 0.462 e. The zero-order chi connectivity index (χ0) is 26.9. The molecule has 35 heavy (non-hydrogen) atoms. The standard InChI is InChI=1S/C19H21I3N4O9/c1-7(27)33-5-10(35-9(3)29)4-24-18(31)12-13(20)16(25-11(30)6-34-8(2)28)15(22)17(14(12)21)26-19(23)32/h10H,4-6H2,1-3H3,(H,24,31)(H,25,30)(H3,23,26,32). The lowest BCUT2D eigenvalue weighted by molar-refractivity contribution is -0.155. The third-order valence-corrected chi connectivity index (χ3v) is 6.99. The van der Waals surface area contributed by atoms with Gasteiger partial charge in [-0.15, -0.1) is 0 Å². The average Bonchev–Trinajstić information content (AvgIpc) is 2.74. The molecule has 0 bridgehead atoms. The first-order chi connectivity index (χ1) is 16.2. The van der Waals surface area contributed by atoms with E-state index in [1.165, 1.54) is 13.8 Å². The summed E-state index contributed by atoms with van der Waals surface area (Å²) in [5.74, 6) is -3.20. The summed E-state index contributed by atoms with van der Waals surface area (Å²) in [4.78, 5) is 70.4. The number of hydrogen-bond acceptors (Lipinski definition) is 9. The van der Waals surface area contributed by atoms with Crippen molar-refractivity contribution < 1.29 is 43.0 Å². The molecular weight excluding hydrogens is 809 g/mol. The number of nitrogens with two attached hydrogens (primary N) is 1. The van der Waals surface area contributed by atoms with Crippen molar-refractivity contribution in [1.82, 2.24) is 5.32 Å². The molecule has 5 N–H and O–H groups in total. The Labute approximate surface area is 240 Å². The van der Waals surface area contributed by atoms with Gasteiger partial charge in [0.05, 0.1) is 34.2 Å². The number of nitrogens with one attached hydrogen (secondary N) is 3. The quantitative estimate of drug-likeness (QED) is 0.155. The van der Waals surface area contributed by atoms with E-state index in [1.807, 2.05) is 67.8 Å². The Balaban J connectivity index is 3.33. The minimum absolute atomic E-state index is 0.0761. The Kier molecular flexibility index (Phi) is 12.9. The second-order valence-electron chi connectivity index (χ2n) is 6.63. The van der Waals surface area contributed by atoms with Crippen LogP contribution >= 0.6 is 67.8 Å². The molecule has 1 aromatic carbocycles. The normalized spacial score (nSPS) is 11.0. The SMILES string of the molecule is CC(=O)OCC(=O)Nc1c(I)c(NC(N)=O)c(I)c(C(=O)NCC(COC(C)=O)OC(C)=O)c1I. The molecule has 0 heterocycles. The summed E-state index contributed by atoms with van der Waals surface area (Å²) in [5, 5.41) is 7.57. The zero-order valence-corrected chi connectivity index (χ0v) is 25.1. The van der Waals surface area contributed by atoms with E-state index < -0.39 is 48.5 Å². The molecule has 0 aliphatic heterocycles. The van der Waals surface area contributed by atoms with Crippen molar-refractivity contribution in [2.24, 2.45) is 5.73 Å². The van der Waals surface area contributed by atoms with Crippen LogP contribution in [0.1, 0.15) is 31.1 Å². The third kappa shape index (κ3) is 10.3. The van der Waals surface area contributed by atoms with Gasteiger partial charge in [0.1, 0.15) is 6.61 Å². The summed E-state index contributed by atoms with van der Waals surface area (Å²) in [6.45, 7) is 2.46. The van der Waals surface area contributed by atoms with Crippen molar-refractivity contribution in [1.29, 1.82) is 0 Å². The van der Waals surface area contributed by atoms with Crippen molar-refractivity contribution in [3.8, 4) is 0 Å². The second kappa shape index (κ2) is 14.6. The molecular formula is C19H21I3N4O9. The molecule has 1 aromatic rings. The number of amides is 4. The molecule has 0 radical (unpaired) electrons.